The monoisotopic (exact) mass is 479 g/mol. The molecule has 1 aliphatic heterocycles. The Morgan fingerprint density at radius 1 is 1.36 bits per heavy atom. The number of guanidine groups is 1. The number of hydrogen-bond donors (Lipinski definition) is 2. The van der Waals surface area contributed by atoms with Crippen LogP contribution in [0.15, 0.2) is 4.99 Å². The molecular formula is C17H30IN5OS. The van der Waals surface area contributed by atoms with Gasteiger partial charge in [0.15, 0.2) is 5.96 Å². The normalized spacial score (nSPS) is 14.6. The lowest BCUT2D eigenvalue weighted by Gasteiger charge is -2.15. The zero-order valence-corrected chi connectivity index (χ0v) is 18.6. The molecule has 1 fully saturated rings. The van der Waals surface area contributed by atoms with E-state index in [1.165, 1.54) is 9.88 Å². The van der Waals surface area contributed by atoms with Crippen LogP contribution in [0.2, 0.25) is 0 Å². The van der Waals surface area contributed by atoms with Crippen LogP contribution < -0.4 is 10.6 Å². The summed E-state index contributed by atoms with van der Waals surface area (Å²) >= 11 is 1.77. The Hall–Kier alpha value is -0.900. The zero-order valence-electron chi connectivity index (χ0n) is 15.4. The van der Waals surface area contributed by atoms with E-state index >= 15 is 0 Å². The number of aromatic nitrogens is 1. The lowest BCUT2D eigenvalue weighted by Crippen LogP contribution is -2.38. The van der Waals surface area contributed by atoms with Crippen molar-refractivity contribution < 1.29 is 4.79 Å². The van der Waals surface area contributed by atoms with Crippen molar-refractivity contribution in [1.29, 1.82) is 0 Å². The molecule has 1 aliphatic rings. The zero-order chi connectivity index (χ0) is 17.4. The minimum absolute atomic E-state index is 0. The number of halogens is 1. The van der Waals surface area contributed by atoms with Crippen LogP contribution in [0.5, 0.6) is 0 Å². The van der Waals surface area contributed by atoms with Gasteiger partial charge < -0.3 is 15.5 Å². The minimum Gasteiger partial charge on any atom is -0.357 e. The Kier molecular flexibility index (Phi) is 10.3. The highest BCUT2D eigenvalue weighted by atomic mass is 127. The van der Waals surface area contributed by atoms with Gasteiger partial charge in [0.05, 0.1) is 10.7 Å². The van der Waals surface area contributed by atoms with Crippen molar-refractivity contribution in [2.75, 3.05) is 32.7 Å². The van der Waals surface area contributed by atoms with E-state index in [1.54, 1.807) is 11.3 Å². The van der Waals surface area contributed by atoms with Crippen molar-refractivity contribution in [2.24, 2.45) is 4.99 Å². The van der Waals surface area contributed by atoms with Gasteiger partial charge in [-0.3, -0.25) is 9.79 Å². The van der Waals surface area contributed by atoms with Gasteiger partial charge in [0.1, 0.15) is 0 Å². The van der Waals surface area contributed by atoms with Crippen molar-refractivity contribution in [1.82, 2.24) is 20.5 Å². The first-order valence-electron chi connectivity index (χ1n) is 8.83. The Bertz CT molecular complexity index is 556. The van der Waals surface area contributed by atoms with Gasteiger partial charge in [-0.2, -0.15) is 0 Å². The summed E-state index contributed by atoms with van der Waals surface area (Å²) in [6, 6.07) is 0. The van der Waals surface area contributed by atoms with Gasteiger partial charge in [-0.05, 0) is 33.6 Å². The van der Waals surface area contributed by atoms with E-state index in [9.17, 15) is 4.79 Å². The topological polar surface area (TPSA) is 69.6 Å². The SMILES string of the molecule is CCNC(=NCCCN1CCCC1=O)NCCc1nc(C)c(C)s1.I. The molecule has 1 aromatic heterocycles. The maximum Gasteiger partial charge on any atom is 0.222 e. The van der Waals surface area contributed by atoms with Gasteiger partial charge >= 0.3 is 0 Å². The fourth-order valence-electron chi connectivity index (χ4n) is 2.67. The van der Waals surface area contributed by atoms with Gasteiger partial charge in [0, 0.05) is 50.4 Å². The van der Waals surface area contributed by atoms with Crippen LogP contribution >= 0.6 is 35.3 Å². The third-order valence-electron chi connectivity index (χ3n) is 4.08. The molecule has 0 saturated carbocycles. The summed E-state index contributed by atoms with van der Waals surface area (Å²) in [5.74, 6) is 1.13. The molecule has 0 bridgehead atoms. The molecule has 2 N–H and O–H groups in total. The lowest BCUT2D eigenvalue weighted by molar-refractivity contribution is -0.127. The van der Waals surface area contributed by atoms with Crippen LogP contribution in [0.1, 0.15) is 41.8 Å². The predicted octanol–water partition coefficient (Wildman–Crippen LogP) is 2.49. The fourth-order valence-corrected chi connectivity index (χ4v) is 3.60. The molecule has 0 aromatic carbocycles. The molecule has 0 spiro atoms. The van der Waals surface area contributed by atoms with Gasteiger partial charge in [-0.25, -0.2) is 4.98 Å². The number of carbonyl (C=O) groups excluding carboxylic acids is 1. The van der Waals surface area contributed by atoms with Crippen molar-refractivity contribution in [3.8, 4) is 0 Å². The van der Waals surface area contributed by atoms with Crippen LogP contribution in [0.3, 0.4) is 0 Å². The number of aliphatic imine (C=N–C) groups is 1. The molecule has 0 unspecified atom stereocenters. The molecule has 2 rings (SSSR count). The number of aryl methyl sites for hydroxylation is 2. The maximum atomic E-state index is 11.6. The van der Waals surface area contributed by atoms with Crippen molar-refractivity contribution >= 4 is 47.2 Å². The van der Waals surface area contributed by atoms with E-state index in [4.69, 9.17) is 0 Å². The molecule has 1 aromatic rings. The van der Waals surface area contributed by atoms with E-state index in [1.807, 2.05) is 4.90 Å². The molecule has 0 radical (unpaired) electrons. The number of hydrogen-bond acceptors (Lipinski definition) is 4. The molecule has 142 valence electrons. The molecule has 1 amide bonds. The average Bonchev–Trinajstić information content (AvgIpc) is 3.09. The number of thiazole rings is 1. The summed E-state index contributed by atoms with van der Waals surface area (Å²) < 4.78 is 0. The number of rotatable bonds is 8. The molecular weight excluding hydrogens is 449 g/mol. The van der Waals surface area contributed by atoms with Crippen LogP contribution in [0, 0.1) is 13.8 Å². The van der Waals surface area contributed by atoms with Gasteiger partial charge in [0.25, 0.3) is 0 Å². The highest BCUT2D eigenvalue weighted by Gasteiger charge is 2.18. The van der Waals surface area contributed by atoms with Crippen LogP contribution in [-0.4, -0.2) is 54.5 Å². The largest absolute Gasteiger partial charge is 0.357 e. The van der Waals surface area contributed by atoms with Crippen LogP contribution in [0.4, 0.5) is 0 Å². The standard InChI is InChI=1S/C17H29N5OS.HI/c1-4-18-17(19-9-6-12-22-11-5-7-16(22)23)20-10-8-15-21-13(2)14(3)24-15;/h4-12H2,1-3H3,(H2,18,19,20);1H. The average molecular weight is 479 g/mol. The van der Waals surface area contributed by atoms with Crippen LogP contribution in [0.25, 0.3) is 0 Å². The fraction of sp³-hybridized carbons (Fsp3) is 0.706. The van der Waals surface area contributed by atoms with E-state index in [0.29, 0.717) is 6.42 Å². The Morgan fingerprint density at radius 2 is 2.16 bits per heavy atom. The third-order valence-corrected chi connectivity index (χ3v) is 5.21. The predicted molar refractivity (Wildman–Crippen MR) is 115 cm³/mol. The van der Waals surface area contributed by atoms with Gasteiger partial charge in [0.2, 0.25) is 5.91 Å². The van der Waals surface area contributed by atoms with Gasteiger partial charge in [-0.15, -0.1) is 35.3 Å². The summed E-state index contributed by atoms with van der Waals surface area (Å²) in [5, 5.41) is 7.79. The van der Waals surface area contributed by atoms with E-state index in [-0.39, 0.29) is 29.9 Å². The van der Waals surface area contributed by atoms with Crippen molar-refractivity contribution in [2.45, 2.75) is 46.5 Å². The Labute approximate surface area is 171 Å². The highest BCUT2D eigenvalue weighted by Crippen LogP contribution is 2.16. The smallest absolute Gasteiger partial charge is 0.222 e. The first-order valence-corrected chi connectivity index (χ1v) is 9.64. The summed E-state index contributed by atoms with van der Waals surface area (Å²) in [4.78, 5) is 24.0. The molecule has 1 saturated heterocycles. The van der Waals surface area contributed by atoms with E-state index in [2.05, 4.69) is 41.4 Å². The molecule has 8 heteroatoms. The summed E-state index contributed by atoms with van der Waals surface area (Å²) in [5.41, 5.74) is 1.13. The lowest BCUT2D eigenvalue weighted by atomic mass is 10.4. The third kappa shape index (κ3) is 7.47. The molecule has 6 nitrogen and oxygen atoms in total. The number of amides is 1. The molecule has 0 atom stereocenters. The number of nitrogens with one attached hydrogen (secondary N) is 2. The first kappa shape index (κ1) is 22.1. The number of likely N-dealkylation sites (tertiary alicyclic amines) is 1. The Balaban J connectivity index is 0.00000312. The van der Waals surface area contributed by atoms with E-state index < -0.39 is 0 Å². The Morgan fingerprint density at radius 3 is 2.76 bits per heavy atom. The minimum atomic E-state index is 0. The summed E-state index contributed by atoms with van der Waals surface area (Å²) in [7, 11) is 0. The molecule has 2 heterocycles. The summed E-state index contributed by atoms with van der Waals surface area (Å²) in [6.45, 7) is 10.4. The molecule has 25 heavy (non-hydrogen) atoms. The summed E-state index contributed by atoms with van der Waals surface area (Å²) in [6.07, 6.45) is 3.53. The quantitative estimate of drug-likeness (QED) is 0.260. The van der Waals surface area contributed by atoms with Crippen molar-refractivity contribution in [3.05, 3.63) is 15.6 Å². The highest BCUT2D eigenvalue weighted by molar-refractivity contribution is 14.0. The number of carbonyl (C=O) groups is 1. The van der Waals surface area contributed by atoms with E-state index in [0.717, 1.165) is 63.6 Å². The number of nitrogens with zero attached hydrogens (tertiary/aromatic N) is 3. The second-order valence-electron chi connectivity index (χ2n) is 6.02. The van der Waals surface area contributed by atoms with Gasteiger partial charge in [-0.1, -0.05) is 0 Å². The van der Waals surface area contributed by atoms with Crippen molar-refractivity contribution in [3.63, 3.8) is 0 Å². The second kappa shape index (κ2) is 11.7. The van der Waals surface area contributed by atoms with Crippen LogP contribution in [-0.2, 0) is 11.2 Å². The second-order valence-corrected chi connectivity index (χ2v) is 7.31. The molecule has 0 aliphatic carbocycles. The first-order chi connectivity index (χ1) is 11.6. The maximum absolute atomic E-state index is 11.6.